The second-order valence-electron chi connectivity index (χ2n) is 7.83. The third-order valence-electron chi connectivity index (χ3n) is 5.13. The molecule has 0 spiro atoms. The smallest absolute Gasteiger partial charge is 0.333 e. The Morgan fingerprint density at radius 3 is 2.31 bits per heavy atom. The number of ether oxygens (including phenoxy) is 3. The average molecular weight is 491 g/mol. The second-order valence-corrected chi connectivity index (χ2v) is 7.83. The molecule has 0 aliphatic rings. The van der Waals surface area contributed by atoms with Crippen molar-refractivity contribution < 1.29 is 33.3 Å². The molecule has 2 rings (SSSR count). The van der Waals surface area contributed by atoms with Gasteiger partial charge in [0.1, 0.15) is 18.2 Å². The molecular weight excluding hydrogens is 455 g/mol. The van der Waals surface area contributed by atoms with Crippen LogP contribution in [0.4, 0.5) is 9.18 Å². The quantitative estimate of drug-likeness (QED) is 0.347. The number of amides is 2. The number of carboxylic acid groups (broad SMARTS) is 1. The molecule has 0 saturated heterocycles. The van der Waals surface area contributed by atoms with Crippen molar-refractivity contribution in [1.29, 1.82) is 0 Å². The third-order valence-corrected chi connectivity index (χ3v) is 5.13. The molecule has 8 nitrogen and oxygen atoms in total. The molecule has 35 heavy (non-hydrogen) atoms. The van der Waals surface area contributed by atoms with Crippen molar-refractivity contribution in [3.8, 4) is 5.75 Å². The summed E-state index contributed by atoms with van der Waals surface area (Å²) in [4.78, 5) is 25.3. The standard InChI is InChI=1S/C26H35FN2O6/c1-3-28-26(32)29(14-5-16-33-19-21-6-10-22(27)11-7-21)15-17-35-23-12-8-20(9-13-23)18-24(25(30)31)34-4-2/h6-13,24H,3-5,14-19H2,1-2H3,(H,28,32)(H,30,31). The fourth-order valence-electron chi connectivity index (χ4n) is 3.33. The predicted octanol–water partition coefficient (Wildman–Crippen LogP) is 3.88. The van der Waals surface area contributed by atoms with Gasteiger partial charge in [0.25, 0.3) is 0 Å². The molecule has 1 atom stereocenters. The maximum absolute atomic E-state index is 13.0. The van der Waals surface area contributed by atoms with Crippen LogP contribution in [-0.4, -0.2) is 67.6 Å². The van der Waals surface area contributed by atoms with Crippen LogP contribution < -0.4 is 10.1 Å². The normalized spacial score (nSPS) is 11.6. The number of aliphatic carboxylic acids is 1. The number of benzene rings is 2. The van der Waals surface area contributed by atoms with E-state index in [-0.39, 0.29) is 18.3 Å². The van der Waals surface area contributed by atoms with Crippen LogP contribution in [-0.2, 0) is 27.3 Å². The number of carbonyl (C=O) groups is 2. The van der Waals surface area contributed by atoms with Gasteiger partial charge in [0, 0.05) is 32.7 Å². The lowest BCUT2D eigenvalue weighted by atomic mass is 10.1. The Morgan fingerprint density at radius 1 is 1.00 bits per heavy atom. The molecule has 0 radical (unpaired) electrons. The van der Waals surface area contributed by atoms with E-state index < -0.39 is 12.1 Å². The molecule has 0 saturated carbocycles. The minimum atomic E-state index is -0.988. The SMILES string of the molecule is CCNC(=O)N(CCCOCc1ccc(F)cc1)CCOc1ccc(CC(OCC)C(=O)O)cc1. The van der Waals surface area contributed by atoms with Gasteiger partial charge >= 0.3 is 12.0 Å². The van der Waals surface area contributed by atoms with Gasteiger partial charge in [0.2, 0.25) is 0 Å². The Kier molecular flexibility index (Phi) is 12.6. The lowest BCUT2D eigenvalue weighted by Gasteiger charge is -2.23. The van der Waals surface area contributed by atoms with Gasteiger partial charge in [-0.15, -0.1) is 0 Å². The van der Waals surface area contributed by atoms with Crippen LogP contribution in [0.3, 0.4) is 0 Å². The summed E-state index contributed by atoms with van der Waals surface area (Å²) in [6.07, 6.45) is 0.0481. The van der Waals surface area contributed by atoms with Crippen LogP contribution in [0.15, 0.2) is 48.5 Å². The predicted molar refractivity (Wildman–Crippen MR) is 130 cm³/mol. The summed E-state index contributed by atoms with van der Waals surface area (Å²) < 4.78 is 29.6. The molecule has 192 valence electrons. The number of halogens is 1. The number of urea groups is 1. The second kappa shape index (κ2) is 15.7. The minimum Gasteiger partial charge on any atom is -0.492 e. The maximum Gasteiger partial charge on any atom is 0.333 e. The highest BCUT2D eigenvalue weighted by Gasteiger charge is 2.18. The van der Waals surface area contributed by atoms with Crippen molar-refractivity contribution in [1.82, 2.24) is 10.2 Å². The highest BCUT2D eigenvalue weighted by Crippen LogP contribution is 2.15. The number of hydrogen-bond acceptors (Lipinski definition) is 5. The average Bonchev–Trinajstić information content (AvgIpc) is 2.84. The van der Waals surface area contributed by atoms with Gasteiger partial charge in [0.15, 0.2) is 6.10 Å². The summed E-state index contributed by atoms with van der Waals surface area (Å²) in [5.74, 6) is -0.633. The molecule has 1 unspecified atom stereocenters. The van der Waals surface area contributed by atoms with Gasteiger partial charge in [-0.05, 0) is 55.7 Å². The first-order valence-electron chi connectivity index (χ1n) is 11.8. The summed E-state index contributed by atoms with van der Waals surface area (Å²) in [5.41, 5.74) is 1.73. The lowest BCUT2D eigenvalue weighted by Crippen LogP contribution is -2.42. The minimum absolute atomic E-state index is 0.166. The number of carbonyl (C=O) groups excluding carboxylic acids is 1. The van der Waals surface area contributed by atoms with E-state index >= 15 is 0 Å². The highest BCUT2D eigenvalue weighted by molar-refractivity contribution is 5.74. The molecule has 0 heterocycles. The van der Waals surface area contributed by atoms with E-state index in [0.29, 0.717) is 58.2 Å². The van der Waals surface area contributed by atoms with Gasteiger partial charge < -0.3 is 29.5 Å². The number of nitrogens with zero attached hydrogens (tertiary/aromatic N) is 1. The van der Waals surface area contributed by atoms with E-state index in [1.807, 2.05) is 19.1 Å². The van der Waals surface area contributed by atoms with Gasteiger partial charge in [-0.1, -0.05) is 24.3 Å². The first-order valence-corrected chi connectivity index (χ1v) is 11.8. The van der Waals surface area contributed by atoms with Crippen LogP contribution >= 0.6 is 0 Å². The highest BCUT2D eigenvalue weighted by atomic mass is 19.1. The fraction of sp³-hybridized carbons (Fsp3) is 0.462. The van der Waals surface area contributed by atoms with Crippen LogP contribution in [0, 0.1) is 5.82 Å². The van der Waals surface area contributed by atoms with E-state index in [1.54, 1.807) is 36.1 Å². The van der Waals surface area contributed by atoms with Gasteiger partial charge in [-0.3, -0.25) is 0 Å². The summed E-state index contributed by atoms with van der Waals surface area (Å²) in [7, 11) is 0. The van der Waals surface area contributed by atoms with Crippen molar-refractivity contribution in [2.45, 2.75) is 39.4 Å². The maximum atomic E-state index is 13.0. The molecule has 0 bridgehead atoms. The number of carboxylic acids is 1. The molecule has 0 aromatic heterocycles. The van der Waals surface area contributed by atoms with Crippen molar-refractivity contribution in [3.05, 3.63) is 65.5 Å². The number of nitrogens with one attached hydrogen (secondary N) is 1. The van der Waals surface area contributed by atoms with Crippen molar-refractivity contribution in [2.75, 3.05) is 39.5 Å². The Morgan fingerprint density at radius 2 is 1.69 bits per heavy atom. The molecule has 0 aliphatic carbocycles. The summed E-state index contributed by atoms with van der Waals surface area (Å²) in [6, 6.07) is 13.2. The monoisotopic (exact) mass is 490 g/mol. The lowest BCUT2D eigenvalue weighted by molar-refractivity contribution is -0.149. The van der Waals surface area contributed by atoms with Crippen LogP contribution in [0.5, 0.6) is 5.75 Å². The summed E-state index contributed by atoms with van der Waals surface area (Å²) in [5, 5.41) is 12.0. The first kappa shape index (κ1) is 28.1. The van der Waals surface area contributed by atoms with Gasteiger partial charge in [-0.2, -0.15) is 0 Å². The number of rotatable bonds is 16. The molecular formula is C26H35FN2O6. The zero-order valence-electron chi connectivity index (χ0n) is 20.4. The van der Waals surface area contributed by atoms with Gasteiger partial charge in [-0.25, -0.2) is 14.0 Å². The third kappa shape index (κ3) is 10.7. The largest absolute Gasteiger partial charge is 0.492 e. The van der Waals surface area contributed by atoms with Crippen LogP contribution in [0.25, 0.3) is 0 Å². The van der Waals surface area contributed by atoms with Crippen LogP contribution in [0.2, 0.25) is 0 Å². The van der Waals surface area contributed by atoms with Crippen molar-refractivity contribution >= 4 is 12.0 Å². The zero-order chi connectivity index (χ0) is 25.5. The van der Waals surface area contributed by atoms with Crippen LogP contribution in [0.1, 0.15) is 31.4 Å². The Balaban J connectivity index is 1.76. The molecule has 2 aromatic carbocycles. The first-order chi connectivity index (χ1) is 16.9. The number of hydrogen-bond donors (Lipinski definition) is 2. The van der Waals surface area contributed by atoms with Crippen molar-refractivity contribution in [3.63, 3.8) is 0 Å². The summed E-state index contributed by atoms with van der Waals surface area (Å²) >= 11 is 0. The van der Waals surface area contributed by atoms with E-state index in [4.69, 9.17) is 14.2 Å². The molecule has 2 amide bonds. The fourth-order valence-corrected chi connectivity index (χ4v) is 3.33. The Hall–Kier alpha value is -3.17. The van der Waals surface area contributed by atoms with Gasteiger partial charge in [0.05, 0.1) is 13.2 Å². The molecule has 2 aromatic rings. The molecule has 0 aliphatic heterocycles. The van der Waals surface area contributed by atoms with E-state index in [0.717, 1.165) is 11.1 Å². The Labute approximate surface area is 206 Å². The van der Waals surface area contributed by atoms with Crippen molar-refractivity contribution in [2.24, 2.45) is 0 Å². The zero-order valence-corrected chi connectivity index (χ0v) is 20.4. The molecule has 9 heteroatoms. The summed E-state index contributed by atoms with van der Waals surface area (Å²) in [6.45, 7) is 6.55. The topological polar surface area (TPSA) is 97.3 Å². The molecule has 0 fully saturated rings. The van der Waals surface area contributed by atoms with E-state index in [1.165, 1.54) is 12.1 Å². The Bertz CT molecular complexity index is 892. The van der Waals surface area contributed by atoms with E-state index in [9.17, 15) is 19.1 Å². The van der Waals surface area contributed by atoms with E-state index in [2.05, 4.69) is 5.32 Å². The molecule has 2 N–H and O–H groups in total.